The smallest absolute Gasteiger partial charge is 0.241 e. The topological polar surface area (TPSA) is 66.7 Å². The molecule has 2 saturated heterocycles. The van der Waals surface area contributed by atoms with Gasteiger partial charge in [0.15, 0.2) is 0 Å². The molecule has 0 aromatic carbocycles. The fraction of sp³-hybridized carbons (Fsp3) is 0.652. The van der Waals surface area contributed by atoms with E-state index in [0.29, 0.717) is 36.3 Å². The molecular weight excluding hydrogens is 414 g/mol. The molecule has 5 rings (SSSR count). The van der Waals surface area contributed by atoms with Crippen LogP contribution in [0.3, 0.4) is 0 Å². The van der Waals surface area contributed by atoms with E-state index in [9.17, 15) is 0 Å². The quantitative estimate of drug-likeness (QED) is 0.699. The van der Waals surface area contributed by atoms with Crippen LogP contribution in [0.5, 0.6) is 0 Å². The first-order valence-corrected chi connectivity index (χ1v) is 11.9. The van der Waals surface area contributed by atoms with E-state index in [0.717, 1.165) is 51.3 Å². The van der Waals surface area contributed by atoms with Gasteiger partial charge in [-0.25, -0.2) is 0 Å². The van der Waals surface area contributed by atoms with E-state index in [1.54, 1.807) is 0 Å². The standard InChI is InChI=1S/C23H32ClN5O2/c1-15-11-28(16(2)10-25-15)14-21-26-23(27-31-21)19-13-29(12-17-6-8-30-9-7-17)22-18(19)4-3-5-20(22)24/h3-5,13,15-17,20,22,25H,6-12,14H2,1-2H3/t15-,16+,20?,22?/m0/s1. The summed E-state index contributed by atoms with van der Waals surface area (Å²) in [5, 5.41) is 7.80. The number of alkyl halides is 1. The minimum absolute atomic E-state index is 0.0665. The van der Waals surface area contributed by atoms with Crippen molar-refractivity contribution in [1.29, 1.82) is 0 Å². The van der Waals surface area contributed by atoms with E-state index in [1.165, 1.54) is 5.57 Å². The van der Waals surface area contributed by atoms with Crippen molar-refractivity contribution >= 4 is 17.2 Å². The predicted octanol–water partition coefficient (Wildman–Crippen LogP) is 2.81. The number of rotatable bonds is 5. The van der Waals surface area contributed by atoms with E-state index >= 15 is 0 Å². The molecule has 1 N–H and O–H groups in total. The molecule has 0 radical (unpaired) electrons. The summed E-state index contributed by atoms with van der Waals surface area (Å²) in [5.41, 5.74) is 2.22. The van der Waals surface area contributed by atoms with Crippen molar-refractivity contribution in [2.75, 3.05) is 32.8 Å². The first-order chi connectivity index (χ1) is 15.1. The third-order valence-electron chi connectivity index (χ3n) is 6.90. The lowest BCUT2D eigenvalue weighted by Crippen LogP contribution is -2.53. The summed E-state index contributed by atoms with van der Waals surface area (Å²) in [6, 6.07) is 1.04. The van der Waals surface area contributed by atoms with Gasteiger partial charge in [0.05, 0.1) is 18.0 Å². The lowest BCUT2D eigenvalue weighted by molar-refractivity contribution is 0.0561. The van der Waals surface area contributed by atoms with Crippen molar-refractivity contribution in [2.24, 2.45) is 5.92 Å². The first-order valence-electron chi connectivity index (χ1n) is 11.5. The first kappa shape index (κ1) is 21.2. The summed E-state index contributed by atoms with van der Waals surface area (Å²) in [5.74, 6) is 1.96. The minimum Gasteiger partial charge on any atom is -0.381 e. The third kappa shape index (κ3) is 4.46. The molecular formula is C23H32ClN5O2. The van der Waals surface area contributed by atoms with Crippen LogP contribution in [0.2, 0.25) is 0 Å². The Hall–Kier alpha value is -1.67. The van der Waals surface area contributed by atoms with E-state index in [2.05, 4.69) is 52.5 Å². The lowest BCUT2D eigenvalue weighted by atomic mass is 9.93. The van der Waals surface area contributed by atoms with E-state index < -0.39 is 0 Å². The summed E-state index contributed by atoms with van der Waals surface area (Å²) in [6.45, 7) is 9.76. The number of halogens is 1. The van der Waals surface area contributed by atoms with Gasteiger partial charge in [-0.15, -0.1) is 11.6 Å². The average molecular weight is 446 g/mol. The van der Waals surface area contributed by atoms with Gasteiger partial charge in [0.1, 0.15) is 0 Å². The molecule has 1 aliphatic carbocycles. The molecule has 2 unspecified atom stereocenters. The molecule has 2 fully saturated rings. The average Bonchev–Trinajstić information content (AvgIpc) is 3.37. The fourth-order valence-electron chi connectivity index (χ4n) is 5.07. The largest absolute Gasteiger partial charge is 0.381 e. The summed E-state index contributed by atoms with van der Waals surface area (Å²) < 4.78 is 11.2. The van der Waals surface area contributed by atoms with E-state index in [4.69, 9.17) is 25.8 Å². The van der Waals surface area contributed by atoms with Gasteiger partial charge in [-0.1, -0.05) is 23.4 Å². The number of nitrogens with zero attached hydrogens (tertiary/aromatic N) is 4. The molecule has 0 spiro atoms. The molecule has 31 heavy (non-hydrogen) atoms. The van der Waals surface area contributed by atoms with Crippen LogP contribution in [0.1, 0.15) is 38.4 Å². The summed E-state index contributed by atoms with van der Waals surface area (Å²) in [4.78, 5) is 9.57. The Morgan fingerprint density at radius 2 is 2.10 bits per heavy atom. The number of allylic oxidation sites excluding steroid dienone is 2. The van der Waals surface area contributed by atoms with E-state index in [-0.39, 0.29) is 11.4 Å². The van der Waals surface area contributed by atoms with Crippen molar-refractivity contribution in [2.45, 2.75) is 56.7 Å². The maximum atomic E-state index is 6.74. The summed E-state index contributed by atoms with van der Waals surface area (Å²) >= 11 is 6.74. The molecule has 0 saturated carbocycles. The van der Waals surface area contributed by atoms with Gasteiger partial charge in [0.2, 0.25) is 11.7 Å². The summed E-state index contributed by atoms with van der Waals surface area (Å²) in [7, 11) is 0. The Labute approximate surface area is 189 Å². The number of hydrogen-bond donors (Lipinski definition) is 1. The van der Waals surface area contributed by atoms with Crippen molar-refractivity contribution in [1.82, 2.24) is 25.3 Å². The third-order valence-corrected chi connectivity index (χ3v) is 7.29. The van der Waals surface area contributed by atoms with Crippen LogP contribution >= 0.6 is 11.6 Å². The monoisotopic (exact) mass is 445 g/mol. The number of aromatic nitrogens is 2. The van der Waals surface area contributed by atoms with Gasteiger partial charge in [-0.05, 0) is 38.2 Å². The molecule has 1 aromatic rings. The summed E-state index contributed by atoms with van der Waals surface area (Å²) in [6.07, 6.45) is 10.6. The van der Waals surface area contributed by atoms with Crippen molar-refractivity contribution < 1.29 is 9.26 Å². The maximum absolute atomic E-state index is 6.74. The van der Waals surface area contributed by atoms with Crippen LogP contribution in [-0.2, 0) is 11.3 Å². The molecule has 168 valence electrons. The maximum Gasteiger partial charge on any atom is 0.241 e. The highest BCUT2D eigenvalue weighted by molar-refractivity contribution is 6.23. The van der Waals surface area contributed by atoms with Crippen LogP contribution in [0.15, 0.2) is 34.5 Å². The molecule has 4 atom stereocenters. The molecule has 3 aliphatic heterocycles. The van der Waals surface area contributed by atoms with Crippen molar-refractivity contribution in [3.8, 4) is 0 Å². The zero-order valence-electron chi connectivity index (χ0n) is 18.3. The van der Waals surface area contributed by atoms with Gasteiger partial charge in [0, 0.05) is 56.7 Å². The molecule has 4 heterocycles. The van der Waals surface area contributed by atoms with Gasteiger partial charge in [-0.2, -0.15) is 4.98 Å². The number of piperazine rings is 1. The molecule has 7 nitrogen and oxygen atoms in total. The lowest BCUT2D eigenvalue weighted by Gasteiger charge is -2.36. The highest BCUT2D eigenvalue weighted by atomic mass is 35.5. The van der Waals surface area contributed by atoms with Crippen LogP contribution < -0.4 is 5.32 Å². The van der Waals surface area contributed by atoms with Gasteiger partial charge >= 0.3 is 0 Å². The Bertz CT molecular complexity index is 875. The Morgan fingerprint density at radius 1 is 1.26 bits per heavy atom. The van der Waals surface area contributed by atoms with Gasteiger partial charge < -0.3 is 19.5 Å². The molecule has 0 bridgehead atoms. The van der Waals surface area contributed by atoms with Crippen LogP contribution in [0, 0.1) is 5.92 Å². The zero-order chi connectivity index (χ0) is 21.4. The van der Waals surface area contributed by atoms with Gasteiger partial charge in [0.25, 0.3) is 0 Å². The second-order valence-electron chi connectivity index (χ2n) is 9.29. The Balaban J connectivity index is 1.35. The molecule has 0 amide bonds. The van der Waals surface area contributed by atoms with Crippen LogP contribution in [0.25, 0.3) is 5.57 Å². The number of nitrogens with one attached hydrogen (secondary N) is 1. The fourth-order valence-corrected chi connectivity index (χ4v) is 5.44. The van der Waals surface area contributed by atoms with Crippen molar-refractivity contribution in [3.05, 3.63) is 41.7 Å². The second kappa shape index (κ2) is 9.06. The molecule has 1 aromatic heterocycles. The van der Waals surface area contributed by atoms with E-state index in [1.807, 2.05) is 6.08 Å². The van der Waals surface area contributed by atoms with Crippen LogP contribution in [0.4, 0.5) is 0 Å². The van der Waals surface area contributed by atoms with Crippen LogP contribution in [-0.4, -0.2) is 76.3 Å². The number of hydrogen-bond acceptors (Lipinski definition) is 7. The molecule has 8 heteroatoms. The Kier molecular flexibility index (Phi) is 6.19. The zero-order valence-corrected chi connectivity index (χ0v) is 19.1. The SMILES string of the molecule is C[C@@H]1CN[C@@H](C)CN1Cc1nc(C2=CN(CC3CCOCC3)C3C2=CC=CC3Cl)no1. The second-order valence-corrected chi connectivity index (χ2v) is 9.79. The Morgan fingerprint density at radius 3 is 2.94 bits per heavy atom. The van der Waals surface area contributed by atoms with Crippen molar-refractivity contribution in [3.63, 3.8) is 0 Å². The molecule has 4 aliphatic rings. The highest BCUT2D eigenvalue weighted by Gasteiger charge is 2.38. The highest BCUT2D eigenvalue weighted by Crippen LogP contribution is 2.40. The number of fused-ring (bicyclic) bond motifs is 1. The minimum atomic E-state index is -0.0665. The normalized spacial score (nSPS) is 32.2. The predicted molar refractivity (Wildman–Crippen MR) is 121 cm³/mol. The van der Waals surface area contributed by atoms with Gasteiger partial charge in [-0.3, -0.25) is 4.90 Å². The number of ether oxygens (including phenoxy) is 1.